The molecule has 0 aliphatic carbocycles. The van der Waals surface area contributed by atoms with Crippen molar-refractivity contribution in [2.45, 2.75) is 26.7 Å². The van der Waals surface area contributed by atoms with E-state index in [0.717, 1.165) is 5.75 Å². The Morgan fingerprint density at radius 2 is 2.14 bits per heavy atom. The molecule has 0 N–H and O–H groups in total. The number of rotatable bonds is 4. The zero-order chi connectivity index (χ0) is 10.6. The zero-order valence-electron chi connectivity index (χ0n) is 9.21. The van der Waals surface area contributed by atoms with E-state index in [2.05, 4.69) is 39.5 Å². The standard InChI is InChI=1S/C13H18O/c1-5-8-14-13-7-6-12(10(2)3)9-11(13)4/h5-7,9-10H,1,8H2,2-4H3. The summed E-state index contributed by atoms with van der Waals surface area (Å²) in [5.74, 6) is 1.52. The van der Waals surface area contributed by atoms with Gasteiger partial charge in [-0.25, -0.2) is 0 Å². The second kappa shape index (κ2) is 4.85. The van der Waals surface area contributed by atoms with Gasteiger partial charge in [-0.3, -0.25) is 0 Å². The summed E-state index contributed by atoms with van der Waals surface area (Å²) < 4.78 is 5.50. The first-order valence-electron chi connectivity index (χ1n) is 4.99. The molecule has 0 aromatic heterocycles. The van der Waals surface area contributed by atoms with Crippen LogP contribution in [0.15, 0.2) is 30.9 Å². The van der Waals surface area contributed by atoms with Gasteiger partial charge in [0.15, 0.2) is 0 Å². The van der Waals surface area contributed by atoms with Gasteiger partial charge in [0, 0.05) is 0 Å². The summed E-state index contributed by atoms with van der Waals surface area (Å²) >= 11 is 0. The Morgan fingerprint density at radius 1 is 1.43 bits per heavy atom. The fourth-order valence-corrected chi connectivity index (χ4v) is 1.34. The SMILES string of the molecule is C=CCOc1ccc(C(C)C)cc1C. The highest BCUT2D eigenvalue weighted by Crippen LogP contribution is 2.23. The molecule has 1 rings (SSSR count). The largest absolute Gasteiger partial charge is 0.489 e. The summed E-state index contributed by atoms with van der Waals surface area (Å²) in [6.07, 6.45) is 1.76. The zero-order valence-corrected chi connectivity index (χ0v) is 9.21. The number of hydrogen-bond acceptors (Lipinski definition) is 1. The van der Waals surface area contributed by atoms with E-state index in [1.807, 2.05) is 6.07 Å². The van der Waals surface area contributed by atoms with E-state index in [1.165, 1.54) is 11.1 Å². The van der Waals surface area contributed by atoms with Gasteiger partial charge in [-0.05, 0) is 30.0 Å². The molecule has 0 saturated carbocycles. The van der Waals surface area contributed by atoms with E-state index < -0.39 is 0 Å². The molecular formula is C13H18O. The average Bonchev–Trinajstić information content (AvgIpc) is 2.15. The summed E-state index contributed by atoms with van der Waals surface area (Å²) in [6.45, 7) is 10.7. The van der Waals surface area contributed by atoms with Crippen LogP contribution in [0.4, 0.5) is 0 Å². The fourth-order valence-electron chi connectivity index (χ4n) is 1.34. The van der Waals surface area contributed by atoms with Gasteiger partial charge >= 0.3 is 0 Å². The molecule has 0 spiro atoms. The molecule has 0 aliphatic heterocycles. The third kappa shape index (κ3) is 2.63. The molecule has 0 bridgehead atoms. The number of ether oxygens (including phenoxy) is 1. The fraction of sp³-hybridized carbons (Fsp3) is 0.385. The van der Waals surface area contributed by atoms with Crippen LogP contribution in [0.25, 0.3) is 0 Å². The summed E-state index contributed by atoms with van der Waals surface area (Å²) in [7, 11) is 0. The first kappa shape index (κ1) is 10.8. The molecule has 1 nitrogen and oxygen atoms in total. The minimum absolute atomic E-state index is 0.571. The molecule has 1 heteroatoms. The quantitative estimate of drug-likeness (QED) is 0.658. The molecule has 0 heterocycles. The Kier molecular flexibility index (Phi) is 3.75. The molecule has 0 unspecified atom stereocenters. The number of benzene rings is 1. The van der Waals surface area contributed by atoms with E-state index in [-0.39, 0.29) is 0 Å². The Hall–Kier alpha value is -1.24. The van der Waals surface area contributed by atoms with Gasteiger partial charge in [0.1, 0.15) is 12.4 Å². The Balaban J connectivity index is 2.84. The molecule has 0 amide bonds. The van der Waals surface area contributed by atoms with Crippen molar-refractivity contribution in [1.82, 2.24) is 0 Å². The lowest BCUT2D eigenvalue weighted by molar-refractivity contribution is 0.360. The van der Waals surface area contributed by atoms with Crippen LogP contribution in [0.2, 0.25) is 0 Å². The molecule has 1 aromatic carbocycles. The molecule has 0 atom stereocenters. The maximum absolute atomic E-state index is 5.50. The van der Waals surface area contributed by atoms with Crippen molar-refractivity contribution in [3.05, 3.63) is 42.0 Å². The Bertz CT molecular complexity index is 313. The first-order valence-corrected chi connectivity index (χ1v) is 4.99. The van der Waals surface area contributed by atoms with Crippen LogP contribution in [-0.2, 0) is 0 Å². The van der Waals surface area contributed by atoms with Crippen LogP contribution < -0.4 is 4.74 Å². The van der Waals surface area contributed by atoms with Gasteiger partial charge in [-0.15, -0.1) is 0 Å². The monoisotopic (exact) mass is 190 g/mol. The van der Waals surface area contributed by atoms with E-state index in [4.69, 9.17) is 4.74 Å². The summed E-state index contributed by atoms with van der Waals surface area (Å²) in [6, 6.07) is 6.34. The van der Waals surface area contributed by atoms with Crippen LogP contribution in [0, 0.1) is 6.92 Å². The predicted octanol–water partition coefficient (Wildman–Crippen LogP) is 3.68. The van der Waals surface area contributed by atoms with Crippen molar-refractivity contribution in [3.8, 4) is 5.75 Å². The van der Waals surface area contributed by atoms with Crippen molar-refractivity contribution in [2.24, 2.45) is 0 Å². The third-order valence-electron chi connectivity index (χ3n) is 2.22. The highest BCUT2D eigenvalue weighted by atomic mass is 16.5. The van der Waals surface area contributed by atoms with E-state index in [0.29, 0.717) is 12.5 Å². The lowest BCUT2D eigenvalue weighted by Crippen LogP contribution is -1.96. The van der Waals surface area contributed by atoms with Crippen LogP contribution in [0.5, 0.6) is 5.75 Å². The third-order valence-corrected chi connectivity index (χ3v) is 2.22. The van der Waals surface area contributed by atoms with E-state index >= 15 is 0 Å². The second-order valence-corrected chi connectivity index (χ2v) is 3.78. The summed E-state index contributed by atoms with van der Waals surface area (Å²) in [5.41, 5.74) is 2.55. The van der Waals surface area contributed by atoms with Crippen molar-refractivity contribution < 1.29 is 4.74 Å². The van der Waals surface area contributed by atoms with Gasteiger partial charge in [0.25, 0.3) is 0 Å². The number of aryl methyl sites for hydroxylation is 1. The van der Waals surface area contributed by atoms with Crippen molar-refractivity contribution >= 4 is 0 Å². The molecular weight excluding hydrogens is 172 g/mol. The van der Waals surface area contributed by atoms with Crippen LogP contribution in [0.1, 0.15) is 30.9 Å². The van der Waals surface area contributed by atoms with E-state index in [9.17, 15) is 0 Å². The lowest BCUT2D eigenvalue weighted by atomic mass is 10.0. The van der Waals surface area contributed by atoms with Crippen LogP contribution in [-0.4, -0.2) is 6.61 Å². The maximum atomic E-state index is 5.50. The van der Waals surface area contributed by atoms with Crippen molar-refractivity contribution in [1.29, 1.82) is 0 Å². The molecule has 0 radical (unpaired) electrons. The van der Waals surface area contributed by atoms with Crippen molar-refractivity contribution in [3.63, 3.8) is 0 Å². The maximum Gasteiger partial charge on any atom is 0.122 e. The average molecular weight is 190 g/mol. The van der Waals surface area contributed by atoms with Gasteiger partial charge in [-0.2, -0.15) is 0 Å². The smallest absolute Gasteiger partial charge is 0.122 e. The van der Waals surface area contributed by atoms with Gasteiger partial charge in [0.2, 0.25) is 0 Å². The Morgan fingerprint density at radius 3 is 2.64 bits per heavy atom. The molecule has 0 saturated heterocycles. The summed E-state index contributed by atoms with van der Waals surface area (Å²) in [5, 5.41) is 0. The van der Waals surface area contributed by atoms with E-state index in [1.54, 1.807) is 6.08 Å². The number of hydrogen-bond donors (Lipinski definition) is 0. The normalized spacial score (nSPS) is 10.3. The lowest BCUT2D eigenvalue weighted by Gasteiger charge is -2.10. The van der Waals surface area contributed by atoms with Crippen LogP contribution >= 0.6 is 0 Å². The highest BCUT2D eigenvalue weighted by molar-refractivity contribution is 5.37. The minimum atomic E-state index is 0.571. The first-order chi connectivity index (χ1) is 6.65. The van der Waals surface area contributed by atoms with Gasteiger partial charge in [-0.1, -0.05) is 38.6 Å². The Labute approximate surface area is 86.4 Å². The van der Waals surface area contributed by atoms with Gasteiger partial charge in [0.05, 0.1) is 0 Å². The molecule has 0 fully saturated rings. The van der Waals surface area contributed by atoms with Crippen LogP contribution in [0.3, 0.4) is 0 Å². The molecule has 76 valence electrons. The molecule has 14 heavy (non-hydrogen) atoms. The topological polar surface area (TPSA) is 9.23 Å². The van der Waals surface area contributed by atoms with Crippen molar-refractivity contribution in [2.75, 3.05) is 6.61 Å². The van der Waals surface area contributed by atoms with Gasteiger partial charge < -0.3 is 4.74 Å². The molecule has 0 aliphatic rings. The summed E-state index contributed by atoms with van der Waals surface area (Å²) in [4.78, 5) is 0. The minimum Gasteiger partial charge on any atom is -0.489 e. The second-order valence-electron chi connectivity index (χ2n) is 3.78. The predicted molar refractivity (Wildman–Crippen MR) is 61.0 cm³/mol. The molecule has 1 aromatic rings. The highest BCUT2D eigenvalue weighted by Gasteiger charge is 2.03.